The van der Waals surface area contributed by atoms with Gasteiger partial charge in [0.1, 0.15) is 5.82 Å². The number of carbonyl (C=O) groups is 3. The molecule has 0 saturated heterocycles. The highest BCUT2D eigenvalue weighted by atomic mass is 35.5. The highest BCUT2D eigenvalue weighted by Gasteiger charge is 2.32. The van der Waals surface area contributed by atoms with Crippen molar-refractivity contribution in [2.45, 2.75) is 38.6 Å². The van der Waals surface area contributed by atoms with Crippen LogP contribution in [0.25, 0.3) is 16.7 Å². The summed E-state index contributed by atoms with van der Waals surface area (Å²) in [7, 11) is 1.26. The minimum absolute atomic E-state index is 0.130. The Labute approximate surface area is 246 Å². The fourth-order valence-corrected chi connectivity index (χ4v) is 5.53. The maximum atomic E-state index is 14.7. The summed E-state index contributed by atoms with van der Waals surface area (Å²) in [5, 5.41) is 5.39. The molecule has 2 aliphatic heterocycles. The molecule has 2 bridgehead atoms. The quantitative estimate of drug-likeness (QED) is 0.319. The van der Waals surface area contributed by atoms with Gasteiger partial charge >= 0.3 is 6.09 Å². The molecule has 0 spiro atoms. The summed E-state index contributed by atoms with van der Waals surface area (Å²) in [5.41, 5.74) is 3.02. The van der Waals surface area contributed by atoms with Crippen LogP contribution in [0.3, 0.4) is 0 Å². The van der Waals surface area contributed by atoms with Gasteiger partial charge in [-0.25, -0.2) is 13.6 Å². The standard InChI is InChI=1S/C31H29ClF2N4O4/c1-17-4-3-5-26(38-13-11-19(15-27(38)39)28-23(33)9-8-22(32)29(28)34)25-14-18(10-12-35-25)21-7-6-20(36-31(41)42-2)16-24(21)37-30(17)40/h6-12,14,16-17,26H,3-5,13,15H2,1-2H3,(H,36,41)(H,37,40). The highest BCUT2D eigenvalue weighted by Crippen LogP contribution is 2.38. The third-order valence-electron chi connectivity index (χ3n) is 7.64. The second-order valence-corrected chi connectivity index (χ2v) is 10.8. The molecule has 3 heterocycles. The molecule has 2 N–H and O–H groups in total. The smallest absolute Gasteiger partial charge is 0.411 e. The number of aromatic nitrogens is 1. The number of halogens is 3. The largest absolute Gasteiger partial charge is 0.453 e. The first kappa shape index (κ1) is 29.2. The fraction of sp³-hybridized carbons (Fsp3) is 0.290. The number of methoxy groups -OCH3 is 1. The Kier molecular flexibility index (Phi) is 8.54. The van der Waals surface area contributed by atoms with Gasteiger partial charge in [-0.3, -0.25) is 19.9 Å². The maximum Gasteiger partial charge on any atom is 0.411 e. The monoisotopic (exact) mass is 594 g/mol. The zero-order valence-electron chi connectivity index (χ0n) is 23.0. The van der Waals surface area contributed by atoms with Gasteiger partial charge in [0.05, 0.1) is 41.5 Å². The number of amides is 3. The number of anilines is 2. The molecule has 0 saturated carbocycles. The van der Waals surface area contributed by atoms with Crippen LogP contribution in [0.4, 0.5) is 25.0 Å². The lowest BCUT2D eigenvalue weighted by molar-refractivity contribution is -0.132. The molecule has 2 aliphatic rings. The van der Waals surface area contributed by atoms with Crippen molar-refractivity contribution in [1.29, 1.82) is 0 Å². The Morgan fingerprint density at radius 1 is 1.14 bits per heavy atom. The van der Waals surface area contributed by atoms with Crippen LogP contribution in [-0.4, -0.2) is 41.4 Å². The lowest BCUT2D eigenvalue weighted by atomic mass is 9.92. The van der Waals surface area contributed by atoms with Crippen LogP contribution < -0.4 is 10.6 Å². The zero-order chi connectivity index (χ0) is 30.0. The molecule has 11 heteroatoms. The Morgan fingerprint density at radius 2 is 1.95 bits per heavy atom. The van der Waals surface area contributed by atoms with Gasteiger partial charge in [0, 0.05) is 29.9 Å². The van der Waals surface area contributed by atoms with Crippen molar-refractivity contribution in [3.05, 3.63) is 82.7 Å². The number of pyridine rings is 1. The number of carbonyl (C=O) groups excluding carboxylic acids is 3. The highest BCUT2D eigenvalue weighted by molar-refractivity contribution is 6.31. The van der Waals surface area contributed by atoms with Gasteiger partial charge in [0.2, 0.25) is 11.8 Å². The van der Waals surface area contributed by atoms with Gasteiger partial charge in [0.15, 0.2) is 5.82 Å². The summed E-state index contributed by atoms with van der Waals surface area (Å²) in [4.78, 5) is 44.6. The lowest BCUT2D eigenvalue weighted by Gasteiger charge is -2.34. The Hall–Kier alpha value is -4.31. The van der Waals surface area contributed by atoms with E-state index in [1.807, 2.05) is 13.0 Å². The predicted molar refractivity (Wildman–Crippen MR) is 156 cm³/mol. The maximum absolute atomic E-state index is 14.7. The molecule has 2 atom stereocenters. The van der Waals surface area contributed by atoms with Crippen LogP contribution in [0.1, 0.15) is 49.9 Å². The normalized spacial score (nSPS) is 19.1. The minimum atomic E-state index is -0.889. The van der Waals surface area contributed by atoms with Crippen LogP contribution in [0.2, 0.25) is 5.02 Å². The third kappa shape index (κ3) is 5.99. The van der Waals surface area contributed by atoms with Crippen molar-refractivity contribution < 1.29 is 27.9 Å². The fourth-order valence-electron chi connectivity index (χ4n) is 5.37. The van der Waals surface area contributed by atoms with E-state index in [9.17, 15) is 23.2 Å². The van der Waals surface area contributed by atoms with Crippen molar-refractivity contribution in [2.75, 3.05) is 24.3 Å². The SMILES string of the molecule is COC(=O)Nc1ccc2c(c1)NC(=O)C(C)CCCC(N1CC=C(c3c(F)ccc(Cl)c3F)CC1=O)c1cc-2ccn1. The first-order chi connectivity index (χ1) is 20.2. The van der Waals surface area contributed by atoms with Crippen molar-refractivity contribution in [1.82, 2.24) is 9.88 Å². The molecule has 218 valence electrons. The van der Waals surface area contributed by atoms with Gasteiger partial charge in [0.25, 0.3) is 0 Å². The molecule has 3 amide bonds. The zero-order valence-corrected chi connectivity index (χ0v) is 23.8. The summed E-state index contributed by atoms with van der Waals surface area (Å²) in [6, 6.07) is 10.6. The topological polar surface area (TPSA) is 101 Å². The second kappa shape index (κ2) is 12.3. The van der Waals surface area contributed by atoms with E-state index in [2.05, 4.69) is 20.4 Å². The first-order valence-corrected chi connectivity index (χ1v) is 13.9. The summed E-state index contributed by atoms with van der Waals surface area (Å²) in [6.45, 7) is 1.96. The summed E-state index contributed by atoms with van der Waals surface area (Å²) in [5.74, 6) is -2.47. The van der Waals surface area contributed by atoms with Gasteiger partial charge in [-0.2, -0.15) is 0 Å². The molecular weight excluding hydrogens is 566 g/mol. The van der Waals surface area contributed by atoms with Gasteiger partial charge in [-0.1, -0.05) is 37.1 Å². The number of rotatable bonds is 3. The minimum Gasteiger partial charge on any atom is -0.453 e. The van der Waals surface area contributed by atoms with Crippen LogP contribution in [0.5, 0.6) is 0 Å². The molecule has 2 aromatic carbocycles. The Morgan fingerprint density at radius 3 is 2.71 bits per heavy atom. The van der Waals surface area contributed by atoms with Gasteiger partial charge in [-0.15, -0.1) is 0 Å². The number of nitrogens with zero attached hydrogens (tertiary/aromatic N) is 2. The number of benzene rings is 2. The third-order valence-corrected chi connectivity index (χ3v) is 7.93. The van der Waals surface area contributed by atoms with E-state index in [1.54, 1.807) is 41.4 Å². The number of fused-ring (bicyclic) bond motifs is 4. The lowest BCUT2D eigenvalue weighted by Crippen LogP contribution is -2.38. The molecule has 0 aliphatic carbocycles. The molecule has 0 radical (unpaired) electrons. The molecule has 1 aromatic heterocycles. The molecule has 2 unspecified atom stereocenters. The summed E-state index contributed by atoms with van der Waals surface area (Å²) < 4.78 is 33.9. The molecule has 0 fully saturated rings. The van der Waals surface area contributed by atoms with Crippen molar-refractivity contribution in [3.8, 4) is 11.1 Å². The molecular formula is C31H29ClF2N4O4. The molecule has 42 heavy (non-hydrogen) atoms. The van der Waals surface area contributed by atoms with E-state index < -0.39 is 23.8 Å². The van der Waals surface area contributed by atoms with E-state index in [0.717, 1.165) is 17.7 Å². The van der Waals surface area contributed by atoms with Crippen LogP contribution in [0, 0.1) is 17.6 Å². The second-order valence-electron chi connectivity index (χ2n) is 10.4. The van der Waals surface area contributed by atoms with Crippen molar-refractivity contribution in [2.24, 2.45) is 5.92 Å². The average molecular weight is 595 g/mol. The summed E-state index contributed by atoms with van der Waals surface area (Å²) in [6.07, 6.45) is 4.19. The van der Waals surface area contributed by atoms with E-state index >= 15 is 0 Å². The molecule has 3 aromatic rings. The Bertz CT molecular complexity index is 1600. The van der Waals surface area contributed by atoms with Crippen LogP contribution in [0.15, 0.2) is 54.7 Å². The van der Waals surface area contributed by atoms with Gasteiger partial charge < -0.3 is 15.0 Å². The van der Waals surface area contributed by atoms with E-state index in [1.165, 1.54) is 7.11 Å². The van der Waals surface area contributed by atoms with Crippen LogP contribution in [-0.2, 0) is 14.3 Å². The average Bonchev–Trinajstić information content (AvgIpc) is 2.97. The number of ether oxygens (including phenoxy) is 1. The van der Waals surface area contributed by atoms with E-state index in [-0.39, 0.29) is 46.9 Å². The molecule has 5 rings (SSSR count). The van der Waals surface area contributed by atoms with E-state index in [0.29, 0.717) is 41.9 Å². The van der Waals surface area contributed by atoms with Crippen molar-refractivity contribution >= 4 is 46.5 Å². The summed E-state index contributed by atoms with van der Waals surface area (Å²) >= 11 is 5.89. The van der Waals surface area contributed by atoms with E-state index in [4.69, 9.17) is 11.6 Å². The first-order valence-electron chi connectivity index (χ1n) is 13.5. The molecule has 8 nitrogen and oxygen atoms in total. The number of hydrogen-bond donors (Lipinski definition) is 2. The van der Waals surface area contributed by atoms with Crippen LogP contribution >= 0.6 is 11.6 Å². The Balaban J connectivity index is 1.52. The predicted octanol–water partition coefficient (Wildman–Crippen LogP) is 6.97. The number of hydrogen-bond acceptors (Lipinski definition) is 5. The number of nitrogens with one attached hydrogen (secondary N) is 2. The van der Waals surface area contributed by atoms with Gasteiger partial charge in [-0.05, 0) is 60.4 Å². The van der Waals surface area contributed by atoms with Crippen molar-refractivity contribution in [3.63, 3.8) is 0 Å².